The zero-order valence-electron chi connectivity index (χ0n) is 9.63. The van der Waals surface area contributed by atoms with Crippen LogP contribution in [0.2, 0.25) is 0 Å². The van der Waals surface area contributed by atoms with Crippen molar-refractivity contribution < 1.29 is 19.4 Å². The van der Waals surface area contributed by atoms with Crippen molar-refractivity contribution in [2.45, 2.75) is 0 Å². The molecule has 2 amide bonds. The number of nitrogens with one attached hydrogen (secondary N) is 1. The molecule has 0 spiro atoms. The van der Waals surface area contributed by atoms with Crippen molar-refractivity contribution in [2.24, 2.45) is 0 Å². The van der Waals surface area contributed by atoms with E-state index in [4.69, 9.17) is 9.84 Å². The van der Waals surface area contributed by atoms with Crippen LogP contribution < -0.4 is 5.32 Å². The lowest BCUT2D eigenvalue weighted by molar-refractivity contribution is 0.0564. The van der Waals surface area contributed by atoms with Crippen molar-refractivity contribution in [3.8, 4) is 0 Å². The van der Waals surface area contributed by atoms with Gasteiger partial charge in [-0.1, -0.05) is 0 Å². The number of carboxylic acids is 1. The molecule has 7 nitrogen and oxygen atoms in total. The molecule has 18 heavy (non-hydrogen) atoms. The van der Waals surface area contributed by atoms with E-state index in [-0.39, 0.29) is 11.6 Å². The highest BCUT2D eigenvalue weighted by Crippen LogP contribution is 2.10. The third-order valence-corrected chi connectivity index (χ3v) is 2.53. The molecule has 0 bridgehead atoms. The number of carbonyl (C=O) groups excluding carboxylic acids is 1. The summed E-state index contributed by atoms with van der Waals surface area (Å²) in [4.78, 5) is 28.0. The molecule has 0 aromatic carbocycles. The molecule has 0 saturated carbocycles. The van der Waals surface area contributed by atoms with Crippen LogP contribution in [0.5, 0.6) is 0 Å². The van der Waals surface area contributed by atoms with E-state index in [2.05, 4.69) is 10.3 Å². The Morgan fingerprint density at radius 2 is 2.06 bits per heavy atom. The molecular formula is C11H13N3O4. The first-order chi connectivity index (χ1) is 8.66. The number of urea groups is 1. The summed E-state index contributed by atoms with van der Waals surface area (Å²) >= 11 is 0. The van der Waals surface area contributed by atoms with Crippen LogP contribution in [0.3, 0.4) is 0 Å². The predicted molar refractivity (Wildman–Crippen MR) is 62.6 cm³/mol. The molecule has 0 atom stereocenters. The maximum atomic E-state index is 11.8. The normalized spacial score (nSPS) is 15.2. The second-order valence-electron chi connectivity index (χ2n) is 3.80. The number of carboxylic acid groups (broad SMARTS) is 1. The summed E-state index contributed by atoms with van der Waals surface area (Å²) in [5, 5.41) is 11.4. The topological polar surface area (TPSA) is 91.8 Å². The van der Waals surface area contributed by atoms with Gasteiger partial charge < -0.3 is 20.1 Å². The van der Waals surface area contributed by atoms with Gasteiger partial charge in [0.1, 0.15) is 0 Å². The summed E-state index contributed by atoms with van der Waals surface area (Å²) in [6.07, 6.45) is 2.64. The molecule has 1 aromatic heterocycles. The predicted octanol–water partition coefficient (Wildman–Crippen LogP) is 0.644. The van der Waals surface area contributed by atoms with Crippen LogP contribution in [-0.2, 0) is 4.74 Å². The number of nitrogens with zero attached hydrogens (tertiary/aromatic N) is 2. The Morgan fingerprint density at radius 3 is 2.72 bits per heavy atom. The van der Waals surface area contributed by atoms with Crippen LogP contribution in [0, 0.1) is 0 Å². The lowest BCUT2D eigenvalue weighted by Gasteiger charge is -2.26. The number of amides is 2. The Balaban J connectivity index is 2.02. The van der Waals surface area contributed by atoms with Gasteiger partial charge in [0.15, 0.2) is 0 Å². The summed E-state index contributed by atoms with van der Waals surface area (Å²) in [5.74, 6) is -1.08. The smallest absolute Gasteiger partial charge is 0.337 e. The van der Waals surface area contributed by atoms with Gasteiger partial charge in [-0.2, -0.15) is 0 Å². The van der Waals surface area contributed by atoms with Crippen LogP contribution in [0.1, 0.15) is 10.4 Å². The largest absolute Gasteiger partial charge is 0.478 e. The Kier molecular flexibility index (Phi) is 3.73. The molecule has 1 fully saturated rings. The molecule has 96 valence electrons. The average molecular weight is 251 g/mol. The Labute approximate surface area is 103 Å². The van der Waals surface area contributed by atoms with Gasteiger partial charge in [0, 0.05) is 19.3 Å². The van der Waals surface area contributed by atoms with Gasteiger partial charge in [-0.15, -0.1) is 0 Å². The quantitative estimate of drug-likeness (QED) is 0.805. The highest BCUT2D eigenvalue weighted by atomic mass is 16.5. The Hall–Kier alpha value is -2.15. The molecule has 2 heterocycles. The first kappa shape index (κ1) is 12.3. The third-order valence-electron chi connectivity index (χ3n) is 2.53. The summed E-state index contributed by atoms with van der Waals surface area (Å²) in [6, 6.07) is 1.09. The van der Waals surface area contributed by atoms with Gasteiger partial charge in [-0.3, -0.25) is 4.98 Å². The molecule has 2 rings (SSSR count). The minimum absolute atomic E-state index is 0.0368. The standard InChI is InChI=1S/C11H13N3O4/c15-10(16)8-5-9(7-12-6-8)13-11(17)14-1-3-18-4-2-14/h5-7H,1-4H2,(H,13,17)(H,15,16). The monoisotopic (exact) mass is 251 g/mol. The van der Waals surface area contributed by atoms with E-state index in [1.807, 2.05) is 0 Å². The maximum Gasteiger partial charge on any atom is 0.337 e. The minimum atomic E-state index is -1.08. The van der Waals surface area contributed by atoms with Crippen molar-refractivity contribution in [2.75, 3.05) is 31.6 Å². The number of ether oxygens (including phenoxy) is 1. The highest BCUT2D eigenvalue weighted by Gasteiger charge is 2.17. The van der Waals surface area contributed by atoms with Gasteiger partial charge in [0.2, 0.25) is 0 Å². The highest BCUT2D eigenvalue weighted by molar-refractivity contribution is 5.92. The number of hydrogen-bond donors (Lipinski definition) is 2. The molecule has 0 radical (unpaired) electrons. The molecule has 2 N–H and O–H groups in total. The summed E-state index contributed by atoms with van der Waals surface area (Å²) in [6.45, 7) is 2.08. The van der Waals surface area contributed by atoms with Crippen molar-refractivity contribution in [1.29, 1.82) is 0 Å². The van der Waals surface area contributed by atoms with Crippen LogP contribution in [-0.4, -0.2) is 53.3 Å². The van der Waals surface area contributed by atoms with Crippen molar-refractivity contribution in [3.63, 3.8) is 0 Å². The molecule has 0 aliphatic carbocycles. The fourth-order valence-corrected chi connectivity index (χ4v) is 1.59. The van der Waals surface area contributed by atoms with E-state index in [1.54, 1.807) is 4.90 Å². The molecule has 1 aliphatic rings. The van der Waals surface area contributed by atoms with Gasteiger partial charge in [-0.05, 0) is 6.07 Å². The number of aromatic carboxylic acids is 1. The third kappa shape index (κ3) is 2.95. The van der Waals surface area contributed by atoms with E-state index in [0.29, 0.717) is 32.0 Å². The second kappa shape index (κ2) is 5.46. The zero-order valence-corrected chi connectivity index (χ0v) is 9.63. The molecule has 1 aliphatic heterocycles. The van der Waals surface area contributed by atoms with Gasteiger partial charge >= 0.3 is 12.0 Å². The van der Waals surface area contributed by atoms with Crippen molar-refractivity contribution >= 4 is 17.7 Å². The number of rotatable bonds is 2. The average Bonchev–Trinajstić information content (AvgIpc) is 2.40. The van der Waals surface area contributed by atoms with E-state index >= 15 is 0 Å². The number of anilines is 1. The van der Waals surface area contributed by atoms with Crippen LogP contribution in [0.25, 0.3) is 0 Å². The van der Waals surface area contributed by atoms with Gasteiger partial charge in [0.05, 0.1) is 30.7 Å². The number of hydrogen-bond acceptors (Lipinski definition) is 4. The number of morpholine rings is 1. The van der Waals surface area contributed by atoms with E-state index < -0.39 is 5.97 Å². The fraction of sp³-hybridized carbons (Fsp3) is 0.364. The van der Waals surface area contributed by atoms with E-state index in [0.717, 1.165) is 0 Å². The molecule has 0 unspecified atom stereocenters. The first-order valence-corrected chi connectivity index (χ1v) is 5.49. The molecule has 1 aromatic rings. The minimum Gasteiger partial charge on any atom is -0.478 e. The van der Waals surface area contributed by atoms with Gasteiger partial charge in [0.25, 0.3) is 0 Å². The summed E-state index contributed by atoms with van der Waals surface area (Å²) in [5.41, 5.74) is 0.404. The molecular weight excluding hydrogens is 238 g/mol. The van der Waals surface area contributed by atoms with Crippen LogP contribution in [0.4, 0.5) is 10.5 Å². The zero-order chi connectivity index (χ0) is 13.0. The molecule has 7 heteroatoms. The summed E-state index contributed by atoms with van der Waals surface area (Å²) in [7, 11) is 0. The maximum absolute atomic E-state index is 11.8. The number of aromatic nitrogens is 1. The fourth-order valence-electron chi connectivity index (χ4n) is 1.59. The number of carbonyl (C=O) groups is 2. The Bertz CT molecular complexity index is 457. The lowest BCUT2D eigenvalue weighted by Crippen LogP contribution is -2.43. The number of pyridine rings is 1. The van der Waals surface area contributed by atoms with Crippen molar-refractivity contribution in [3.05, 3.63) is 24.0 Å². The lowest BCUT2D eigenvalue weighted by atomic mass is 10.2. The SMILES string of the molecule is O=C(O)c1cncc(NC(=O)N2CCOCC2)c1. The summed E-state index contributed by atoms with van der Waals surface area (Å²) < 4.78 is 5.14. The van der Waals surface area contributed by atoms with E-state index in [9.17, 15) is 9.59 Å². The first-order valence-electron chi connectivity index (χ1n) is 5.49. The molecule has 1 saturated heterocycles. The van der Waals surface area contributed by atoms with Gasteiger partial charge in [-0.25, -0.2) is 9.59 Å². The van der Waals surface area contributed by atoms with Crippen molar-refractivity contribution in [1.82, 2.24) is 9.88 Å². The van der Waals surface area contributed by atoms with E-state index in [1.165, 1.54) is 18.5 Å². The Morgan fingerprint density at radius 1 is 1.33 bits per heavy atom. The second-order valence-corrected chi connectivity index (χ2v) is 3.80. The van der Waals surface area contributed by atoms with Crippen LogP contribution >= 0.6 is 0 Å². The van der Waals surface area contributed by atoms with Crippen LogP contribution in [0.15, 0.2) is 18.5 Å².